The van der Waals surface area contributed by atoms with E-state index in [2.05, 4.69) is 18.8 Å². The summed E-state index contributed by atoms with van der Waals surface area (Å²) >= 11 is 0. The number of hydrogen-bond donors (Lipinski definition) is 1. The Kier molecular flexibility index (Phi) is 14.0. The largest absolute Gasteiger partial charge is 0.293 e. The molecule has 3 nitrogen and oxygen atoms in total. The third-order valence-corrected chi connectivity index (χ3v) is 3.90. The summed E-state index contributed by atoms with van der Waals surface area (Å²) in [6, 6.07) is 0. The van der Waals surface area contributed by atoms with Gasteiger partial charge in [0.2, 0.25) is 5.91 Å². The molecule has 0 aliphatic carbocycles. The van der Waals surface area contributed by atoms with Crippen LogP contribution in [0.15, 0.2) is 12.2 Å². The van der Waals surface area contributed by atoms with E-state index in [9.17, 15) is 9.59 Å². The van der Waals surface area contributed by atoms with Crippen molar-refractivity contribution in [2.75, 3.05) is 0 Å². The van der Waals surface area contributed by atoms with Gasteiger partial charge in [0.05, 0.1) is 0 Å². The molecule has 0 aromatic rings. The number of rotatable bonds is 14. The van der Waals surface area contributed by atoms with E-state index in [1.54, 1.807) is 6.92 Å². The Morgan fingerprint density at radius 2 is 1.18 bits per heavy atom. The highest BCUT2D eigenvalue weighted by Gasteiger charge is 2.07. The van der Waals surface area contributed by atoms with E-state index >= 15 is 0 Å². The summed E-state index contributed by atoms with van der Waals surface area (Å²) < 4.78 is 0. The lowest BCUT2D eigenvalue weighted by atomic mass is 10.0. The summed E-state index contributed by atoms with van der Waals surface area (Å²) in [5.41, 5.74) is 0.378. The monoisotopic (exact) mass is 309 g/mol. The standard InChI is InChI=1S/C19H35NO2/c1-4-5-6-7-8-9-10-11-12-13-14-15-16-18(21)20-19(22)17(2)3/h2,4-16H2,1,3H3,(H,20,21,22). The minimum absolute atomic E-state index is 0.180. The number of carbonyl (C=O) groups is 2. The molecule has 0 fully saturated rings. The zero-order chi connectivity index (χ0) is 16.6. The molecule has 0 saturated carbocycles. The Hall–Kier alpha value is -1.12. The van der Waals surface area contributed by atoms with Gasteiger partial charge in [-0.2, -0.15) is 0 Å². The molecule has 22 heavy (non-hydrogen) atoms. The van der Waals surface area contributed by atoms with Gasteiger partial charge in [-0.1, -0.05) is 84.1 Å². The first-order valence-corrected chi connectivity index (χ1v) is 9.07. The van der Waals surface area contributed by atoms with Gasteiger partial charge < -0.3 is 0 Å². The van der Waals surface area contributed by atoms with Gasteiger partial charge in [0.1, 0.15) is 0 Å². The molecule has 0 aromatic heterocycles. The smallest absolute Gasteiger partial charge is 0.252 e. The first-order valence-electron chi connectivity index (χ1n) is 9.07. The van der Waals surface area contributed by atoms with E-state index in [1.165, 1.54) is 64.2 Å². The third kappa shape index (κ3) is 13.8. The van der Waals surface area contributed by atoms with Gasteiger partial charge in [0.15, 0.2) is 0 Å². The van der Waals surface area contributed by atoms with Crippen molar-refractivity contribution in [2.24, 2.45) is 0 Å². The zero-order valence-electron chi connectivity index (χ0n) is 14.7. The van der Waals surface area contributed by atoms with E-state index < -0.39 is 0 Å². The highest BCUT2D eigenvalue weighted by Crippen LogP contribution is 2.12. The molecular formula is C19H35NO2. The highest BCUT2D eigenvalue weighted by atomic mass is 16.2. The lowest BCUT2D eigenvalue weighted by molar-refractivity contribution is -0.128. The van der Waals surface area contributed by atoms with Crippen molar-refractivity contribution in [1.29, 1.82) is 0 Å². The molecule has 0 aromatic carbocycles. The predicted molar refractivity (Wildman–Crippen MR) is 93.7 cm³/mol. The van der Waals surface area contributed by atoms with Crippen LogP contribution >= 0.6 is 0 Å². The van der Waals surface area contributed by atoms with Crippen molar-refractivity contribution in [3.05, 3.63) is 12.2 Å². The van der Waals surface area contributed by atoms with E-state index in [1.807, 2.05) is 0 Å². The zero-order valence-corrected chi connectivity index (χ0v) is 14.7. The second kappa shape index (κ2) is 14.8. The molecule has 0 spiro atoms. The van der Waals surface area contributed by atoms with Crippen molar-refractivity contribution in [1.82, 2.24) is 5.32 Å². The lowest BCUT2D eigenvalue weighted by Gasteiger charge is -2.04. The van der Waals surface area contributed by atoms with Crippen LogP contribution in [0.1, 0.15) is 97.3 Å². The van der Waals surface area contributed by atoms with Gasteiger partial charge in [-0.15, -0.1) is 0 Å². The first-order chi connectivity index (χ1) is 10.6. The number of carbonyl (C=O) groups excluding carboxylic acids is 2. The molecule has 0 bridgehead atoms. The second-order valence-corrected chi connectivity index (χ2v) is 6.30. The Bertz CT molecular complexity index is 323. The Morgan fingerprint density at radius 1 is 0.773 bits per heavy atom. The molecule has 2 amide bonds. The molecule has 0 unspecified atom stereocenters. The van der Waals surface area contributed by atoms with Crippen LogP contribution in [0.3, 0.4) is 0 Å². The fraction of sp³-hybridized carbons (Fsp3) is 0.789. The van der Waals surface area contributed by atoms with Gasteiger partial charge in [0.25, 0.3) is 5.91 Å². The van der Waals surface area contributed by atoms with Crippen LogP contribution in [0, 0.1) is 0 Å². The quantitative estimate of drug-likeness (QED) is 0.350. The normalized spacial score (nSPS) is 10.5. The summed E-state index contributed by atoms with van der Waals surface area (Å²) in [5.74, 6) is -0.538. The highest BCUT2D eigenvalue weighted by molar-refractivity contribution is 6.03. The molecule has 128 valence electrons. The number of hydrogen-bond acceptors (Lipinski definition) is 2. The number of amides is 2. The summed E-state index contributed by atoms with van der Waals surface area (Å²) in [6.07, 6.45) is 15.7. The van der Waals surface area contributed by atoms with Crippen molar-refractivity contribution in [3.8, 4) is 0 Å². The number of nitrogens with one attached hydrogen (secondary N) is 1. The second-order valence-electron chi connectivity index (χ2n) is 6.30. The summed E-state index contributed by atoms with van der Waals surface area (Å²) in [6.45, 7) is 7.37. The van der Waals surface area contributed by atoms with E-state index in [4.69, 9.17) is 0 Å². The van der Waals surface area contributed by atoms with Crippen LogP contribution in [0.25, 0.3) is 0 Å². The first kappa shape index (κ1) is 20.9. The summed E-state index contributed by atoms with van der Waals surface area (Å²) in [7, 11) is 0. The van der Waals surface area contributed by atoms with Crippen LogP contribution < -0.4 is 5.32 Å². The molecular weight excluding hydrogens is 274 g/mol. The minimum Gasteiger partial charge on any atom is -0.293 e. The molecule has 0 rings (SSSR count). The molecule has 1 N–H and O–H groups in total. The molecule has 0 saturated heterocycles. The SMILES string of the molecule is C=C(C)C(=O)NC(=O)CCCCCCCCCCCCCC. The maximum absolute atomic E-state index is 11.5. The Morgan fingerprint density at radius 3 is 1.59 bits per heavy atom. The van der Waals surface area contributed by atoms with Gasteiger partial charge in [-0.25, -0.2) is 0 Å². The van der Waals surface area contributed by atoms with Gasteiger partial charge in [0, 0.05) is 12.0 Å². The van der Waals surface area contributed by atoms with Gasteiger partial charge in [-0.3, -0.25) is 14.9 Å². The van der Waals surface area contributed by atoms with E-state index in [-0.39, 0.29) is 11.8 Å². The average molecular weight is 309 g/mol. The van der Waals surface area contributed by atoms with Crippen LogP contribution in [-0.2, 0) is 9.59 Å². The maximum atomic E-state index is 11.5. The lowest BCUT2D eigenvalue weighted by Crippen LogP contribution is -2.30. The topological polar surface area (TPSA) is 46.2 Å². The molecule has 0 aliphatic heterocycles. The molecule has 0 heterocycles. The summed E-state index contributed by atoms with van der Waals surface area (Å²) in [5, 5.41) is 2.34. The van der Waals surface area contributed by atoms with Crippen molar-refractivity contribution in [2.45, 2.75) is 97.3 Å². The molecule has 3 heteroatoms. The predicted octanol–water partition coefficient (Wildman–Crippen LogP) is 5.30. The molecule has 0 radical (unpaired) electrons. The van der Waals surface area contributed by atoms with Crippen LogP contribution in [0.2, 0.25) is 0 Å². The van der Waals surface area contributed by atoms with E-state index in [0.717, 1.165) is 12.8 Å². The van der Waals surface area contributed by atoms with Crippen LogP contribution in [0.5, 0.6) is 0 Å². The Labute approximate surface area is 136 Å². The minimum atomic E-state index is -0.357. The van der Waals surface area contributed by atoms with Crippen molar-refractivity contribution >= 4 is 11.8 Å². The van der Waals surface area contributed by atoms with Crippen LogP contribution in [-0.4, -0.2) is 11.8 Å². The van der Waals surface area contributed by atoms with Gasteiger partial charge in [-0.05, 0) is 13.3 Å². The Balaban J connectivity index is 3.25. The maximum Gasteiger partial charge on any atom is 0.252 e. The number of imide groups is 1. The third-order valence-electron chi connectivity index (χ3n) is 3.90. The van der Waals surface area contributed by atoms with Crippen LogP contribution in [0.4, 0.5) is 0 Å². The fourth-order valence-corrected chi connectivity index (χ4v) is 2.42. The molecule has 0 atom stereocenters. The van der Waals surface area contributed by atoms with E-state index in [0.29, 0.717) is 12.0 Å². The van der Waals surface area contributed by atoms with Crippen molar-refractivity contribution in [3.63, 3.8) is 0 Å². The summed E-state index contributed by atoms with van der Waals surface area (Å²) in [4.78, 5) is 22.7. The van der Waals surface area contributed by atoms with Gasteiger partial charge >= 0.3 is 0 Å². The fourth-order valence-electron chi connectivity index (χ4n) is 2.42. The number of unbranched alkanes of at least 4 members (excludes halogenated alkanes) is 11. The van der Waals surface area contributed by atoms with Crippen molar-refractivity contribution < 1.29 is 9.59 Å². The average Bonchev–Trinajstić information content (AvgIpc) is 2.48. The molecule has 0 aliphatic rings.